The minimum atomic E-state index is 0.176. The molecule has 0 saturated carbocycles. The minimum absolute atomic E-state index is 0.176. The predicted molar refractivity (Wildman–Crippen MR) is 99.3 cm³/mol. The van der Waals surface area contributed by atoms with Crippen LogP contribution >= 0.6 is 22.7 Å². The Labute approximate surface area is 150 Å². The van der Waals surface area contributed by atoms with Crippen molar-refractivity contribution in [3.05, 3.63) is 62.7 Å². The third kappa shape index (κ3) is 3.95. The van der Waals surface area contributed by atoms with Gasteiger partial charge in [0.25, 0.3) is 0 Å². The lowest BCUT2D eigenvalue weighted by molar-refractivity contribution is 0.349. The second kappa shape index (κ2) is 8.28. The van der Waals surface area contributed by atoms with Gasteiger partial charge < -0.3 is 14.8 Å². The summed E-state index contributed by atoms with van der Waals surface area (Å²) in [6, 6.07) is 8.29. The molecule has 0 spiro atoms. The number of methoxy groups -OCH3 is 2. The van der Waals surface area contributed by atoms with E-state index >= 15 is 0 Å². The Morgan fingerprint density at radius 3 is 2.75 bits per heavy atom. The number of para-hydroxylation sites is 1. The molecule has 0 fully saturated rings. The minimum Gasteiger partial charge on any atom is -0.493 e. The summed E-state index contributed by atoms with van der Waals surface area (Å²) in [5.74, 6) is 1.53. The Morgan fingerprint density at radius 1 is 1.17 bits per heavy atom. The van der Waals surface area contributed by atoms with Crippen molar-refractivity contribution in [3.8, 4) is 11.5 Å². The Balaban J connectivity index is 1.76. The molecule has 6 heteroatoms. The average molecular weight is 361 g/mol. The second-order valence-electron chi connectivity index (χ2n) is 5.29. The quantitative estimate of drug-likeness (QED) is 0.651. The molecule has 24 heavy (non-hydrogen) atoms. The second-order valence-corrected chi connectivity index (χ2v) is 7.00. The maximum atomic E-state index is 5.52. The summed E-state index contributed by atoms with van der Waals surface area (Å²) in [5, 5.41) is 11.0. The van der Waals surface area contributed by atoms with Gasteiger partial charge in [0.15, 0.2) is 11.5 Å². The zero-order valence-corrected chi connectivity index (χ0v) is 15.3. The van der Waals surface area contributed by atoms with E-state index in [1.54, 1.807) is 36.9 Å². The number of thiazole rings is 1. The first-order valence-corrected chi connectivity index (χ1v) is 9.47. The van der Waals surface area contributed by atoms with Crippen molar-refractivity contribution in [3.63, 3.8) is 0 Å². The fourth-order valence-electron chi connectivity index (χ4n) is 2.62. The molecule has 2 aromatic heterocycles. The summed E-state index contributed by atoms with van der Waals surface area (Å²) in [7, 11) is 3.33. The Bertz CT molecular complexity index is 742. The average Bonchev–Trinajstić information content (AvgIpc) is 3.31. The van der Waals surface area contributed by atoms with E-state index in [1.165, 1.54) is 5.56 Å². The number of nitrogens with one attached hydrogen (secondary N) is 1. The van der Waals surface area contributed by atoms with Crippen molar-refractivity contribution < 1.29 is 9.47 Å². The molecule has 126 valence electrons. The van der Waals surface area contributed by atoms with Crippen LogP contribution in [0.15, 0.2) is 46.6 Å². The summed E-state index contributed by atoms with van der Waals surface area (Å²) >= 11 is 3.40. The SMILES string of the molecule is COc1cccc(CN[C@H](Cc2ccsc2)c2nccs2)c1OC. The topological polar surface area (TPSA) is 43.4 Å². The van der Waals surface area contributed by atoms with E-state index in [2.05, 4.69) is 33.2 Å². The molecular formula is C18H20N2O2S2. The molecule has 1 atom stereocenters. The van der Waals surface area contributed by atoms with Gasteiger partial charge in [-0.15, -0.1) is 11.3 Å². The largest absolute Gasteiger partial charge is 0.493 e. The highest BCUT2D eigenvalue weighted by molar-refractivity contribution is 7.09. The first kappa shape index (κ1) is 17.0. The van der Waals surface area contributed by atoms with Gasteiger partial charge in [-0.2, -0.15) is 11.3 Å². The van der Waals surface area contributed by atoms with Crippen LogP contribution in [-0.2, 0) is 13.0 Å². The van der Waals surface area contributed by atoms with Crippen LogP contribution < -0.4 is 14.8 Å². The van der Waals surface area contributed by atoms with Crippen molar-refractivity contribution in [2.45, 2.75) is 19.0 Å². The van der Waals surface area contributed by atoms with E-state index in [1.807, 2.05) is 23.7 Å². The van der Waals surface area contributed by atoms with Crippen molar-refractivity contribution in [1.29, 1.82) is 0 Å². The van der Waals surface area contributed by atoms with Crippen LogP contribution in [0.25, 0.3) is 0 Å². The lowest BCUT2D eigenvalue weighted by Crippen LogP contribution is -2.23. The molecule has 3 rings (SSSR count). The van der Waals surface area contributed by atoms with E-state index in [-0.39, 0.29) is 6.04 Å². The molecule has 0 aliphatic heterocycles. The smallest absolute Gasteiger partial charge is 0.165 e. The highest BCUT2D eigenvalue weighted by Gasteiger charge is 2.17. The fourth-order valence-corrected chi connectivity index (χ4v) is 4.02. The Morgan fingerprint density at radius 2 is 2.08 bits per heavy atom. The van der Waals surface area contributed by atoms with E-state index < -0.39 is 0 Å². The Kier molecular flexibility index (Phi) is 5.85. The summed E-state index contributed by atoms with van der Waals surface area (Å²) in [5.41, 5.74) is 2.40. The van der Waals surface area contributed by atoms with Crippen molar-refractivity contribution in [1.82, 2.24) is 10.3 Å². The van der Waals surface area contributed by atoms with Gasteiger partial charge >= 0.3 is 0 Å². The first-order valence-electron chi connectivity index (χ1n) is 7.65. The monoisotopic (exact) mass is 360 g/mol. The van der Waals surface area contributed by atoms with Crippen LogP contribution in [0.1, 0.15) is 22.2 Å². The van der Waals surface area contributed by atoms with Crippen molar-refractivity contribution >= 4 is 22.7 Å². The van der Waals surface area contributed by atoms with Gasteiger partial charge in [0.05, 0.1) is 20.3 Å². The highest BCUT2D eigenvalue weighted by atomic mass is 32.1. The van der Waals surface area contributed by atoms with Crippen LogP contribution in [0, 0.1) is 0 Å². The Hall–Kier alpha value is -1.89. The van der Waals surface area contributed by atoms with E-state index in [0.29, 0.717) is 6.54 Å². The molecule has 1 aromatic carbocycles. The summed E-state index contributed by atoms with van der Waals surface area (Å²) in [4.78, 5) is 4.49. The zero-order valence-electron chi connectivity index (χ0n) is 13.7. The molecule has 0 aliphatic carbocycles. The van der Waals surface area contributed by atoms with Crippen molar-refractivity contribution in [2.75, 3.05) is 14.2 Å². The fraction of sp³-hybridized carbons (Fsp3) is 0.278. The van der Waals surface area contributed by atoms with Gasteiger partial charge in [-0.3, -0.25) is 0 Å². The van der Waals surface area contributed by atoms with Gasteiger partial charge in [-0.25, -0.2) is 4.98 Å². The van der Waals surface area contributed by atoms with Crippen LogP contribution in [0.4, 0.5) is 0 Å². The van der Waals surface area contributed by atoms with Gasteiger partial charge in [0.2, 0.25) is 0 Å². The number of thiophene rings is 1. The lowest BCUT2D eigenvalue weighted by Gasteiger charge is -2.18. The van der Waals surface area contributed by atoms with Gasteiger partial charge in [0, 0.05) is 23.7 Å². The first-order chi connectivity index (χ1) is 11.8. The number of aromatic nitrogens is 1. The molecule has 0 radical (unpaired) electrons. The third-order valence-electron chi connectivity index (χ3n) is 3.79. The molecule has 2 heterocycles. The maximum absolute atomic E-state index is 5.52. The number of hydrogen-bond acceptors (Lipinski definition) is 6. The molecule has 0 amide bonds. The molecular weight excluding hydrogens is 340 g/mol. The molecule has 0 bridgehead atoms. The van der Waals surface area contributed by atoms with Crippen LogP contribution in [0.3, 0.4) is 0 Å². The third-order valence-corrected chi connectivity index (χ3v) is 5.41. The normalized spacial score (nSPS) is 12.1. The molecule has 1 N–H and O–H groups in total. The lowest BCUT2D eigenvalue weighted by atomic mass is 10.1. The summed E-state index contributed by atoms with van der Waals surface area (Å²) < 4.78 is 10.9. The van der Waals surface area contributed by atoms with Crippen LogP contribution in [-0.4, -0.2) is 19.2 Å². The zero-order chi connectivity index (χ0) is 16.8. The number of hydrogen-bond donors (Lipinski definition) is 1. The van der Waals surface area contributed by atoms with Gasteiger partial charge in [-0.1, -0.05) is 12.1 Å². The van der Waals surface area contributed by atoms with Gasteiger partial charge in [-0.05, 0) is 34.9 Å². The number of benzene rings is 1. The number of ether oxygens (including phenoxy) is 2. The van der Waals surface area contributed by atoms with E-state index in [9.17, 15) is 0 Å². The predicted octanol–water partition coefficient (Wildman–Crippen LogP) is 4.30. The van der Waals surface area contributed by atoms with E-state index in [0.717, 1.165) is 28.5 Å². The van der Waals surface area contributed by atoms with Crippen LogP contribution in [0.2, 0.25) is 0 Å². The molecule has 4 nitrogen and oxygen atoms in total. The molecule has 0 saturated heterocycles. The standard InChI is InChI=1S/C18H20N2O2S2/c1-21-16-5-3-4-14(17(16)22-2)11-20-15(18-19-7-9-24-18)10-13-6-8-23-12-13/h3-9,12,15,20H,10-11H2,1-2H3/t15-/m1/s1. The molecule has 0 unspecified atom stereocenters. The highest BCUT2D eigenvalue weighted by Crippen LogP contribution is 2.31. The summed E-state index contributed by atoms with van der Waals surface area (Å²) in [6.07, 6.45) is 2.78. The van der Waals surface area contributed by atoms with Crippen LogP contribution in [0.5, 0.6) is 11.5 Å². The van der Waals surface area contributed by atoms with E-state index in [4.69, 9.17) is 9.47 Å². The number of rotatable bonds is 8. The summed E-state index contributed by atoms with van der Waals surface area (Å²) in [6.45, 7) is 0.689. The molecule has 3 aromatic rings. The maximum Gasteiger partial charge on any atom is 0.165 e. The number of nitrogens with zero attached hydrogens (tertiary/aromatic N) is 1. The van der Waals surface area contributed by atoms with Gasteiger partial charge in [0.1, 0.15) is 5.01 Å². The molecule has 0 aliphatic rings. The van der Waals surface area contributed by atoms with Crippen molar-refractivity contribution in [2.24, 2.45) is 0 Å².